The first kappa shape index (κ1) is 15.4. The van der Waals surface area contributed by atoms with E-state index in [0.29, 0.717) is 5.82 Å². The van der Waals surface area contributed by atoms with Crippen LogP contribution >= 0.6 is 11.3 Å². The number of aromatic amines is 1. The molecular formula is C16H17N5OS. The van der Waals surface area contributed by atoms with Crippen molar-refractivity contribution >= 4 is 17.2 Å². The number of H-pyrrole nitrogens is 1. The first-order valence-corrected chi connectivity index (χ1v) is 8.14. The summed E-state index contributed by atoms with van der Waals surface area (Å²) in [6, 6.07) is 10.0. The normalized spacial score (nSPS) is 12.1. The zero-order valence-corrected chi connectivity index (χ0v) is 13.7. The Morgan fingerprint density at radius 1 is 1.35 bits per heavy atom. The summed E-state index contributed by atoms with van der Waals surface area (Å²) in [6.45, 7) is 2.02. The molecule has 3 aromatic rings. The van der Waals surface area contributed by atoms with Gasteiger partial charge in [-0.3, -0.25) is 9.89 Å². The van der Waals surface area contributed by atoms with E-state index in [9.17, 15) is 4.79 Å². The summed E-state index contributed by atoms with van der Waals surface area (Å²) >= 11 is 1.45. The maximum absolute atomic E-state index is 12.5. The van der Waals surface area contributed by atoms with E-state index >= 15 is 0 Å². The van der Waals surface area contributed by atoms with Crippen molar-refractivity contribution in [1.29, 1.82) is 0 Å². The molecule has 6 nitrogen and oxygen atoms in total. The Hall–Kier alpha value is -2.54. The molecule has 3 rings (SSSR count). The van der Waals surface area contributed by atoms with Gasteiger partial charge in [0.15, 0.2) is 10.8 Å². The lowest BCUT2D eigenvalue weighted by molar-refractivity contribution is -0.131. The quantitative estimate of drug-likeness (QED) is 0.782. The second-order valence-electron chi connectivity index (χ2n) is 5.25. The van der Waals surface area contributed by atoms with E-state index in [2.05, 4.69) is 20.2 Å². The third-order valence-electron chi connectivity index (χ3n) is 3.76. The molecule has 0 saturated heterocycles. The predicted octanol–water partition coefficient (Wildman–Crippen LogP) is 2.69. The van der Waals surface area contributed by atoms with Crippen LogP contribution in [0.25, 0.3) is 10.8 Å². The summed E-state index contributed by atoms with van der Waals surface area (Å²) in [5.41, 5.74) is 1.86. The van der Waals surface area contributed by atoms with Gasteiger partial charge >= 0.3 is 0 Å². The topological polar surface area (TPSA) is 74.8 Å². The lowest BCUT2D eigenvalue weighted by Crippen LogP contribution is -2.31. The highest BCUT2D eigenvalue weighted by Gasteiger charge is 2.19. The summed E-state index contributed by atoms with van der Waals surface area (Å²) in [5, 5.41) is 9.21. The van der Waals surface area contributed by atoms with Gasteiger partial charge in [0.2, 0.25) is 5.91 Å². The summed E-state index contributed by atoms with van der Waals surface area (Å²) in [5.74, 6) is 0.662. The van der Waals surface area contributed by atoms with Gasteiger partial charge in [-0.15, -0.1) is 11.3 Å². The van der Waals surface area contributed by atoms with Gasteiger partial charge in [0.05, 0.1) is 18.2 Å². The Kier molecular flexibility index (Phi) is 4.47. The molecule has 1 amide bonds. The van der Waals surface area contributed by atoms with Crippen molar-refractivity contribution in [2.24, 2.45) is 0 Å². The fraction of sp³-hybridized carbons (Fsp3) is 0.250. The minimum atomic E-state index is 0.0241. The zero-order valence-electron chi connectivity index (χ0n) is 12.9. The monoisotopic (exact) mass is 327 g/mol. The molecule has 2 aromatic heterocycles. The number of amides is 1. The fourth-order valence-corrected chi connectivity index (χ4v) is 3.02. The summed E-state index contributed by atoms with van der Waals surface area (Å²) in [7, 11) is 1.82. The number of carbonyl (C=O) groups excluding carboxylic acids is 1. The van der Waals surface area contributed by atoms with Crippen LogP contribution in [-0.2, 0) is 11.2 Å². The molecule has 1 atom stereocenters. The number of aromatic nitrogens is 4. The molecule has 0 saturated carbocycles. The van der Waals surface area contributed by atoms with Gasteiger partial charge in [0.25, 0.3) is 0 Å². The van der Waals surface area contributed by atoms with Crippen LogP contribution in [0.3, 0.4) is 0 Å². The molecule has 0 bridgehead atoms. The largest absolute Gasteiger partial charge is 0.339 e. The first-order chi connectivity index (χ1) is 11.1. The van der Waals surface area contributed by atoms with E-state index in [-0.39, 0.29) is 18.4 Å². The molecule has 0 fully saturated rings. The van der Waals surface area contributed by atoms with E-state index < -0.39 is 0 Å². The average Bonchev–Trinajstić information content (AvgIpc) is 3.25. The van der Waals surface area contributed by atoms with Crippen molar-refractivity contribution in [2.75, 3.05) is 7.05 Å². The lowest BCUT2D eigenvalue weighted by Gasteiger charge is -2.25. The summed E-state index contributed by atoms with van der Waals surface area (Å²) in [6.07, 6.45) is 1.72. The maximum atomic E-state index is 12.5. The number of nitrogens with zero attached hydrogens (tertiary/aromatic N) is 4. The molecule has 1 N–H and O–H groups in total. The van der Waals surface area contributed by atoms with Gasteiger partial charge in [-0.05, 0) is 12.5 Å². The third kappa shape index (κ3) is 3.45. The van der Waals surface area contributed by atoms with Crippen LogP contribution in [0.15, 0.2) is 42.0 Å². The van der Waals surface area contributed by atoms with Crippen LogP contribution < -0.4 is 0 Å². The Labute approximate surface area is 138 Å². The highest BCUT2D eigenvalue weighted by molar-refractivity contribution is 7.13. The van der Waals surface area contributed by atoms with Gasteiger partial charge in [-0.25, -0.2) is 9.97 Å². The van der Waals surface area contributed by atoms with Crippen LogP contribution in [0, 0.1) is 0 Å². The molecular weight excluding hydrogens is 310 g/mol. The van der Waals surface area contributed by atoms with Gasteiger partial charge in [-0.2, -0.15) is 5.10 Å². The number of hydrogen-bond acceptors (Lipinski definition) is 5. The molecule has 0 aliphatic rings. The molecule has 0 spiro atoms. The van der Waals surface area contributed by atoms with E-state index in [1.165, 1.54) is 17.7 Å². The number of nitrogens with one attached hydrogen (secondary N) is 1. The molecule has 7 heteroatoms. The fourth-order valence-electron chi connectivity index (χ4n) is 2.26. The molecule has 0 aliphatic heterocycles. The van der Waals surface area contributed by atoms with E-state index in [4.69, 9.17) is 0 Å². The van der Waals surface area contributed by atoms with E-state index in [0.717, 1.165) is 16.3 Å². The second-order valence-corrected chi connectivity index (χ2v) is 6.10. The van der Waals surface area contributed by atoms with Crippen LogP contribution in [0.4, 0.5) is 0 Å². The molecule has 23 heavy (non-hydrogen) atoms. The van der Waals surface area contributed by atoms with Crippen molar-refractivity contribution in [3.63, 3.8) is 0 Å². The van der Waals surface area contributed by atoms with Crippen molar-refractivity contribution in [1.82, 2.24) is 25.1 Å². The SMILES string of the molecule is C[C@@H](c1ccccc1)N(C)C(=O)Cc1csc(-c2ncn[nH]2)n1. The zero-order chi connectivity index (χ0) is 16.2. The van der Waals surface area contributed by atoms with E-state index in [1.54, 1.807) is 4.90 Å². The molecule has 1 aromatic carbocycles. The molecule has 0 aliphatic carbocycles. The van der Waals surface area contributed by atoms with Gasteiger partial charge in [-0.1, -0.05) is 30.3 Å². The average molecular weight is 327 g/mol. The maximum Gasteiger partial charge on any atom is 0.228 e. The van der Waals surface area contributed by atoms with Gasteiger partial charge < -0.3 is 4.90 Å². The van der Waals surface area contributed by atoms with E-state index in [1.807, 2.05) is 49.7 Å². The first-order valence-electron chi connectivity index (χ1n) is 7.26. The summed E-state index contributed by atoms with van der Waals surface area (Å²) < 4.78 is 0. The van der Waals surface area contributed by atoms with Crippen LogP contribution in [-0.4, -0.2) is 38.0 Å². The number of hydrogen-bond donors (Lipinski definition) is 1. The standard InChI is InChI=1S/C16H17N5OS/c1-11(12-6-4-3-5-7-12)21(2)14(22)8-13-9-23-16(19-13)15-17-10-18-20-15/h3-7,9-11H,8H2,1-2H3,(H,17,18,20)/t11-/m0/s1. The predicted molar refractivity (Wildman–Crippen MR) is 88.8 cm³/mol. The van der Waals surface area contributed by atoms with Crippen molar-refractivity contribution < 1.29 is 4.79 Å². The van der Waals surface area contributed by atoms with Crippen LogP contribution in [0.1, 0.15) is 24.2 Å². The minimum absolute atomic E-state index is 0.0241. The van der Waals surface area contributed by atoms with Crippen molar-refractivity contribution in [2.45, 2.75) is 19.4 Å². The minimum Gasteiger partial charge on any atom is -0.339 e. The van der Waals surface area contributed by atoms with Crippen molar-refractivity contribution in [3.8, 4) is 10.8 Å². The second kappa shape index (κ2) is 6.70. The number of benzene rings is 1. The molecule has 0 radical (unpaired) electrons. The highest BCUT2D eigenvalue weighted by Crippen LogP contribution is 2.22. The van der Waals surface area contributed by atoms with Gasteiger partial charge in [0.1, 0.15) is 6.33 Å². The number of carbonyl (C=O) groups is 1. The Balaban J connectivity index is 1.67. The Morgan fingerprint density at radius 2 is 2.13 bits per heavy atom. The smallest absolute Gasteiger partial charge is 0.228 e. The van der Waals surface area contributed by atoms with Crippen molar-refractivity contribution in [3.05, 3.63) is 53.3 Å². The number of rotatable bonds is 5. The molecule has 2 heterocycles. The lowest BCUT2D eigenvalue weighted by atomic mass is 10.1. The number of likely N-dealkylation sites (N-methyl/N-ethyl adjacent to an activating group) is 1. The Morgan fingerprint density at radius 3 is 2.83 bits per heavy atom. The van der Waals surface area contributed by atoms with Gasteiger partial charge in [0, 0.05) is 12.4 Å². The number of thiazole rings is 1. The third-order valence-corrected chi connectivity index (χ3v) is 4.66. The molecule has 118 valence electrons. The molecule has 0 unspecified atom stereocenters. The van der Waals surface area contributed by atoms with Crippen LogP contribution in [0.5, 0.6) is 0 Å². The summed E-state index contributed by atoms with van der Waals surface area (Å²) in [4.78, 5) is 22.7. The Bertz CT molecular complexity index is 769. The van der Waals surface area contributed by atoms with Crippen LogP contribution in [0.2, 0.25) is 0 Å². The highest BCUT2D eigenvalue weighted by atomic mass is 32.1.